The van der Waals surface area contributed by atoms with Gasteiger partial charge in [0.25, 0.3) is 0 Å². The van der Waals surface area contributed by atoms with Crippen molar-refractivity contribution in [2.75, 3.05) is 6.61 Å². The van der Waals surface area contributed by atoms with Crippen LogP contribution in [0, 0.1) is 28.6 Å². The summed E-state index contributed by atoms with van der Waals surface area (Å²) in [5.41, 5.74) is 2.94. The molecule has 3 rings (SSSR count). The van der Waals surface area contributed by atoms with E-state index in [9.17, 15) is 15.0 Å². The number of esters is 1. The van der Waals surface area contributed by atoms with Crippen molar-refractivity contribution in [1.82, 2.24) is 0 Å². The van der Waals surface area contributed by atoms with Gasteiger partial charge in [0, 0.05) is 0 Å². The predicted octanol–water partition coefficient (Wildman–Crippen LogP) is 5.35. The third kappa shape index (κ3) is 5.17. The van der Waals surface area contributed by atoms with Gasteiger partial charge in [0.1, 0.15) is 0 Å². The Balaban J connectivity index is 1.69. The molecule has 3 aliphatic carbocycles. The van der Waals surface area contributed by atoms with Gasteiger partial charge in [-0.05, 0) is 94.5 Å². The highest BCUT2D eigenvalue weighted by atomic mass is 16.5. The number of fused-ring (bicyclic) bond motifs is 1. The van der Waals surface area contributed by atoms with Crippen LogP contribution in [0.4, 0.5) is 0 Å². The number of carbonyl (C=O) groups is 1. The number of allylic oxidation sites excluding steroid dienone is 3. The van der Waals surface area contributed by atoms with Gasteiger partial charge >= 0.3 is 5.97 Å². The molecule has 0 heterocycles. The van der Waals surface area contributed by atoms with Gasteiger partial charge in [-0.2, -0.15) is 0 Å². The minimum Gasteiger partial charge on any atom is -0.465 e. The molecule has 174 valence electrons. The van der Waals surface area contributed by atoms with Crippen LogP contribution >= 0.6 is 0 Å². The monoisotopic (exact) mass is 430 g/mol. The van der Waals surface area contributed by atoms with E-state index in [4.69, 9.17) is 4.74 Å². The maximum absolute atomic E-state index is 12.2. The highest BCUT2D eigenvalue weighted by Crippen LogP contribution is 2.59. The zero-order chi connectivity index (χ0) is 23.0. The molecule has 0 aromatic heterocycles. The van der Waals surface area contributed by atoms with E-state index in [0.717, 1.165) is 12.0 Å². The second-order valence-corrected chi connectivity index (χ2v) is 11.5. The minimum absolute atomic E-state index is 0.116. The van der Waals surface area contributed by atoms with Crippen LogP contribution in [-0.4, -0.2) is 35.0 Å². The Hall–Kier alpha value is -1.39. The van der Waals surface area contributed by atoms with Gasteiger partial charge in [-0.1, -0.05) is 43.7 Å². The van der Waals surface area contributed by atoms with Gasteiger partial charge in [0.2, 0.25) is 0 Å². The zero-order valence-electron chi connectivity index (χ0n) is 20.1. The number of carbonyl (C=O) groups excluding carboxylic acids is 1. The fourth-order valence-electron chi connectivity index (χ4n) is 6.18. The average Bonchev–Trinajstić information content (AvgIpc) is 3.05. The topological polar surface area (TPSA) is 66.8 Å². The second kappa shape index (κ2) is 9.23. The van der Waals surface area contributed by atoms with Crippen LogP contribution in [0.5, 0.6) is 0 Å². The van der Waals surface area contributed by atoms with E-state index in [1.807, 2.05) is 20.8 Å². The molecule has 0 aliphatic heterocycles. The summed E-state index contributed by atoms with van der Waals surface area (Å²) in [5, 5.41) is 20.3. The fourth-order valence-corrected chi connectivity index (χ4v) is 6.18. The summed E-state index contributed by atoms with van der Waals surface area (Å²) in [6.07, 6.45) is 10.2. The fraction of sp³-hybridized carbons (Fsp3) is 0.741. The van der Waals surface area contributed by atoms with Crippen LogP contribution < -0.4 is 0 Å². The molecule has 0 aromatic rings. The maximum atomic E-state index is 12.2. The first-order valence-corrected chi connectivity index (χ1v) is 12.0. The molecule has 3 aliphatic rings. The van der Waals surface area contributed by atoms with Crippen molar-refractivity contribution >= 4 is 5.97 Å². The van der Waals surface area contributed by atoms with Gasteiger partial charge < -0.3 is 14.9 Å². The lowest BCUT2D eigenvalue weighted by Crippen LogP contribution is -2.37. The molecular weight excluding hydrogens is 388 g/mol. The van der Waals surface area contributed by atoms with Crippen LogP contribution in [-0.2, 0) is 9.53 Å². The Kier molecular flexibility index (Phi) is 7.22. The van der Waals surface area contributed by atoms with E-state index in [2.05, 4.69) is 32.6 Å². The number of aliphatic hydroxyl groups excluding tert-OH is 2. The number of aliphatic hydroxyl groups is 2. The zero-order valence-corrected chi connectivity index (χ0v) is 20.1. The quantitative estimate of drug-likeness (QED) is 0.466. The average molecular weight is 431 g/mol. The molecule has 3 fully saturated rings. The van der Waals surface area contributed by atoms with Crippen LogP contribution in [0.3, 0.4) is 0 Å². The number of rotatable bonds is 4. The predicted molar refractivity (Wildman–Crippen MR) is 124 cm³/mol. The molecular formula is C27H42O4. The maximum Gasteiger partial charge on any atom is 0.311 e. The molecule has 0 bridgehead atoms. The number of ether oxygens (including phenoxy) is 1. The summed E-state index contributed by atoms with van der Waals surface area (Å²) in [5.74, 6) is 1.36. The molecule has 0 spiro atoms. The summed E-state index contributed by atoms with van der Waals surface area (Å²) in [6.45, 7) is 14.7. The molecule has 6 atom stereocenters. The van der Waals surface area contributed by atoms with Crippen molar-refractivity contribution in [3.63, 3.8) is 0 Å². The van der Waals surface area contributed by atoms with E-state index >= 15 is 0 Å². The van der Waals surface area contributed by atoms with Crippen LogP contribution in [0.15, 0.2) is 35.5 Å². The van der Waals surface area contributed by atoms with Crippen molar-refractivity contribution in [1.29, 1.82) is 0 Å². The third-order valence-electron chi connectivity index (χ3n) is 8.11. The SMILES string of the molecule is C=C1[C@H](O)CC(=C/C=C2\CCC[C@]3(C)[C@@H]([C@H](C)COC(=O)C(C)(C)C)CC[C@@H]23)C[C@H]1O. The van der Waals surface area contributed by atoms with Crippen molar-refractivity contribution in [3.8, 4) is 0 Å². The molecule has 2 N–H and O–H groups in total. The van der Waals surface area contributed by atoms with Gasteiger partial charge in [0.15, 0.2) is 0 Å². The van der Waals surface area contributed by atoms with Crippen LogP contribution in [0.2, 0.25) is 0 Å². The minimum atomic E-state index is -0.641. The highest BCUT2D eigenvalue weighted by Gasteiger charge is 2.50. The molecule has 4 heteroatoms. The third-order valence-corrected chi connectivity index (χ3v) is 8.11. The van der Waals surface area contributed by atoms with Crippen molar-refractivity contribution in [2.24, 2.45) is 28.6 Å². The smallest absolute Gasteiger partial charge is 0.311 e. The first-order chi connectivity index (χ1) is 14.4. The summed E-state index contributed by atoms with van der Waals surface area (Å²) >= 11 is 0. The normalized spacial score (nSPS) is 36.3. The lowest BCUT2D eigenvalue weighted by atomic mass is 9.61. The standard InChI is InChI=1S/C27H42O4/c1-17(16-31-25(30)26(3,4)5)21-11-12-22-20(8-7-13-27(21,22)6)10-9-19-14-23(28)18(2)24(29)15-19/h9-10,17,21-24,28-29H,2,7-8,11-16H2,1,3-6H3/b20-10+/t17-,21-,22+,23-,24-,27-/m1/s1. The highest BCUT2D eigenvalue weighted by molar-refractivity contribution is 5.75. The molecule has 0 saturated heterocycles. The molecule has 0 unspecified atom stereocenters. The second-order valence-electron chi connectivity index (χ2n) is 11.5. The van der Waals surface area contributed by atoms with Gasteiger partial charge in [0.05, 0.1) is 24.2 Å². The molecule has 0 amide bonds. The van der Waals surface area contributed by atoms with Crippen molar-refractivity contribution in [2.45, 2.75) is 91.8 Å². The van der Waals surface area contributed by atoms with Crippen LogP contribution in [0.25, 0.3) is 0 Å². The Morgan fingerprint density at radius 3 is 2.48 bits per heavy atom. The largest absolute Gasteiger partial charge is 0.465 e. The first kappa shape index (κ1) is 24.3. The van der Waals surface area contributed by atoms with E-state index < -0.39 is 17.6 Å². The van der Waals surface area contributed by atoms with Gasteiger partial charge in [-0.15, -0.1) is 0 Å². The van der Waals surface area contributed by atoms with E-state index in [1.54, 1.807) is 0 Å². The van der Waals surface area contributed by atoms with Crippen molar-refractivity contribution < 1.29 is 19.7 Å². The Labute approximate surface area is 188 Å². The van der Waals surface area contributed by atoms with Gasteiger partial charge in [-0.25, -0.2) is 0 Å². The molecule has 31 heavy (non-hydrogen) atoms. The summed E-state index contributed by atoms with van der Waals surface area (Å²) in [7, 11) is 0. The van der Waals surface area contributed by atoms with Crippen LogP contribution in [0.1, 0.15) is 79.6 Å². The Morgan fingerprint density at radius 1 is 1.23 bits per heavy atom. The van der Waals surface area contributed by atoms with E-state index in [0.29, 0.717) is 42.8 Å². The van der Waals surface area contributed by atoms with Crippen molar-refractivity contribution in [3.05, 3.63) is 35.5 Å². The molecule has 4 nitrogen and oxygen atoms in total. The Morgan fingerprint density at radius 2 is 1.87 bits per heavy atom. The van der Waals surface area contributed by atoms with Gasteiger partial charge in [-0.3, -0.25) is 4.79 Å². The lowest BCUT2D eigenvalue weighted by molar-refractivity contribution is -0.155. The summed E-state index contributed by atoms with van der Waals surface area (Å²) < 4.78 is 5.67. The van der Waals surface area contributed by atoms with E-state index in [-0.39, 0.29) is 11.4 Å². The molecule has 0 aromatic carbocycles. The first-order valence-electron chi connectivity index (χ1n) is 12.0. The number of hydrogen-bond acceptors (Lipinski definition) is 4. The molecule has 0 radical (unpaired) electrons. The summed E-state index contributed by atoms with van der Waals surface area (Å²) in [6, 6.07) is 0. The summed E-state index contributed by atoms with van der Waals surface area (Å²) in [4.78, 5) is 12.2. The lowest BCUT2D eigenvalue weighted by Gasteiger charge is -2.44. The Bertz CT molecular complexity index is 740. The number of hydrogen-bond donors (Lipinski definition) is 2. The van der Waals surface area contributed by atoms with E-state index in [1.165, 1.54) is 31.3 Å². The molecule has 3 saturated carbocycles.